The molecule has 0 atom stereocenters. The summed E-state index contributed by atoms with van der Waals surface area (Å²) >= 11 is 0. The lowest BCUT2D eigenvalue weighted by Crippen LogP contribution is -2.03. The van der Waals surface area contributed by atoms with Crippen molar-refractivity contribution in [2.75, 3.05) is 13.6 Å². The summed E-state index contributed by atoms with van der Waals surface area (Å²) in [5, 5.41) is 3.05. The summed E-state index contributed by atoms with van der Waals surface area (Å²) in [4.78, 5) is 4.09. The summed E-state index contributed by atoms with van der Waals surface area (Å²) in [5.74, 6) is 0. The molecule has 0 bridgehead atoms. The smallest absolute Gasteiger partial charge is 0.0340 e. The van der Waals surface area contributed by atoms with Gasteiger partial charge in [0.2, 0.25) is 0 Å². The molecule has 1 aromatic heterocycles. The third-order valence-electron chi connectivity index (χ3n) is 1.53. The van der Waals surface area contributed by atoms with Crippen LogP contribution < -0.4 is 5.32 Å². The van der Waals surface area contributed by atoms with Crippen LogP contribution in [0.5, 0.6) is 0 Å². The molecule has 2 nitrogen and oxygen atoms in total. The molecular weight excluding hydrogens is 148 g/mol. The fourth-order valence-corrected chi connectivity index (χ4v) is 0.982. The van der Waals surface area contributed by atoms with E-state index in [-0.39, 0.29) is 0 Å². The third-order valence-corrected chi connectivity index (χ3v) is 1.53. The quantitative estimate of drug-likeness (QED) is 0.730. The number of pyridine rings is 1. The molecule has 0 aliphatic heterocycles. The lowest BCUT2D eigenvalue weighted by atomic mass is 10.2. The number of likely N-dealkylation sites (N-methyl/N-ethyl adjacent to an activating group) is 1. The van der Waals surface area contributed by atoms with E-state index in [1.807, 2.05) is 26.4 Å². The molecule has 0 saturated heterocycles. The Bertz CT molecular complexity index is 266. The van der Waals surface area contributed by atoms with Crippen molar-refractivity contribution in [3.05, 3.63) is 35.7 Å². The summed E-state index contributed by atoms with van der Waals surface area (Å²) < 4.78 is 0. The lowest BCUT2D eigenvalue weighted by Gasteiger charge is -1.94. The summed E-state index contributed by atoms with van der Waals surface area (Å²) in [5.41, 5.74) is 2.35. The highest BCUT2D eigenvalue weighted by Gasteiger charge is 1.86. The Morgan fingerprint density at radius 1 is 1.50 bits per heavy atom. The molecule has 0 amide bonds. The molecule has 12 heavy (non-hydrogen) atoms. The molecule has 0 spiro atoms. The molecule has 1 rings (SSSR count). The van der Waals surface area contributed by atoms with E-state index in [1.165, 1.54) is 5.56 Å². The molecule has 1 N–H and O–H groups in total. The van der Waals surface area contributed by atoms with Gasteiger partial charge in [0.25, 0.3) is 0 Å². The predicted octanol–water partition coefficient (Wildman–Crippen LogP) is 1.62. The maximum absolute atomic E-state index is 4.09. The molecule has 0 fully saturated rings. The van der Waals surface area contributed by atoms with E-state index in [1.54, 1.807) is 0 Å². The van der Waals surface area contributed by atoms with Gasteiger partial charge in [-0.2, -0.15) is 0 Å². The van der Waals surface area contributed by atoms with E-state index in [0.717, 1.165) is 12.1 Å². The molecule has 1 aromatic rings. The monoisotopic (exact) mass is 162 g/mol. The van der Waals surface area contributed by atoms with Gasteiger partial charge in [-0.25, -0.2) is 0 Å². The van der Waals surface area contributed by atoms with Crippen LogP contribution in [0.4, 0.5) is 0 Å². The van der Waals surface area contributed by atoms with Crippen molar-refractivity contribution in [2.24, 2.45) is 0 Å². The zero-order valence-electron chi connectivity index (χ0n) is 7.54. The van der Waals surface area contributed by atoms with Gasteiger partial charge in [0.1, 0.15) is 0 Å². The Morgan fingerprint density at radius 3 is 3.00 bits per heavy atom. The number of nitrogens with one attached hydrogen (secondary N) is 1. The maximum atomic E-state index is 4.09. The van der Waals surface area contributed by atoms with E-state index in [4.69, 9.17) is 0 Å². The van der Waals surface area contributed by atoms with E-state index < -0.39 is 0 Å². The Balaban J connectivity index is 2.63. The van der Waals surface area contributed by atoms with Crippen molar-refractivity contribution in [3.63, 3.8) is 0 Å². The highest BCUT2D eigenvalue weighted by molar-refractivity contribution is 5.48. The summed E-state index contributed by atoms with van der Waals surface area (Å²) in [6.07, 6.45) is 7.86. The predicted molar refractivity (Wildman–Crippen MR) is 51.9 cm³/mol. The molecule has 0 unspecified atom stereocenters. The molecule has 0 aliphatic carbocycles. The third kappa shape index (κ3) is 2.84. The van der Waals surface area contributed by atoms with Gasteiger partial charge in [-0.05, 0) is 31.2 Å². The second-order valence-electron chi connectivity index (χ2n) is 2.76. The van der Waals surface area contributed by atoms with Crippen LogP contribution in [-0.2, 0) is 0 Å². The van der Waals surface area contributed by atoms with Crippen LogP contribution in [0.25, 0.3) is 6.08 Å². The zero-order valence-corrected chi connectivity index (χ0v) is 7.54. The van der Waals surface area contributed by atoms with Gasteiger partial charge in [-0.1, -0.05) is 12.2 Å². The maximum Gasteiger partial charge on any atom is 0.0340 e. The minimum Gasteiger partial charge on any atom is -0.316 e. The fraction of sp³-hybridized carbons (Fsp3) is 0.300. The Kier molecular flexibility index (Phi) is 3.48. The topological polar surface area (TPSA) is 24.9 Å². The second-order valence-corrected chi connectivity index (χ2v) is 2.76. The molecule has 2 heteroatoms. The number of rotatable bonds is 3. The molecule has 0 saturated carbocycles. The summed E-state index contributed by atoms with van der Waals surface area (Å²) in [6, 6.07) is 2.11. The van der Waals surface area contributed by atoms with E-state index in [0.29, 0.717) is 0 Å². The van der Waals surface area contributed by atoms with Gasteiger partial charge in [0.15, 0.2) is 0 Å². The van der Waals surface area contributed by atoms with Crippen molar-refractivity contribution in [1.82, 2.24) is 10.3 Å². The number of hydrogen-bond donors (Lipinski definition) is 1. The van der Waals surface area contributed by atoms with Crippen molar-refractivity contribution in [2.45, 2.75) is 6.92 Å². The van der Waals surface area contributed by atoms with Gasteiger partial charge < -0.3 is 5.32 Å². The molecule has 0 aliphatic rings. The highest BCUT2D eigenvalue weighted by Crippen LogP contribution is 2.02. The van der Waals surface area contributed by atoms with Gasteiger partial charge in [0.05, 0.1) is 0 Å². The van der Waals surface area contributed by atoms with Gasteiger partial charge >= 0.3 is 0 Å². The van der Waals surface area contributed by atoms with Crippen molar-refractivity contribution < 1.29 is 0 Å². The number of nitrogens with zero attached hydrogens (tertiary/aromatic N) is 1. The standard InChI is InChI=1S/C10H14N2/c1-9-6-10(8-12-7-9)4-3-5-11-2/h3-4,6-8,11H,5H2,1-2H3. The number of hydrogen-bond acceptors (Lipinski definition) is 2. The molecule has 0 aromatic carbocycles. The van der Waals surface area contributed by atoms with Gasteiger partial charge in [0, 0.05) is 18.9 Å². The van der Waals surface area contributed by atoms with Crippen LogP contribution in [-0.4, -0.2) is 18.6 Å². The van der Waals surface area contributed by atoms with E-state index in [2.05, 4.69) is 28.5 Å². The first-order valence-electron chi connectivity index (χ1n) is 4.05. The van der Waals surface area contributed by atoms with E-state index >= 15 is 0 Å². The lowest BCUT2D eigenvalue weighted by molar-refractivity contribution is 0.922. The average molecular weight is 162 g/mol. The Morgan fingerprint density at radius 2 is 2.33 bits per heavy atom. The SMILES string of the molecule is CNCC=Cc1cncc(C)c1. The largest absolute Gasteiger partial charge is 0.316 e. The first-order chi connectivity index (χ1) is 5.83. The van der Waals surface area contributed by atoms with Crippen molar-refractivity contribution >= 4 is 6.08 Å². The van der Waals surface area contributed by atoms with Crippen LogP contribution >= 0.6 is 0 Å². The molecule has 64 valence electrons. The van der Waals surface area contributed by atoms with Crippen LogP contribution in [0, 0.1) is 6.92 Å². The molecule has 1 heterocycles. The van der Waals surface area contributed by atoms with Crippen molar-refractivity contribution in [3.8, 4) is 0 Å². The van der Waals surface area contributed by atoms with Crippen LogP contribution in [0.1, 0.15) is 11.1 Å². The number of aromatic nitrogens is 1. The number of aryl methyl sites for hydroxylation is 1. The average Bonchev–Trinajstić information content (AvgIpc) is 2.05. The molecule has 0 radical (unpaired) electrons. The second kappa shape index (κ2) is 4.67. The normalized spacial score (nSPS) is 10.8. The first-order valence-corrected chi connectivity index (χ1v) is 4.05. The van der Waals surface area contributed by atoms with E-state index in [9.17, 15) is 0 Å². The highest BCUT2D eigenvalue weighted by atomic mass is 14.8. The molecular formula is C10H14N2. The fourth-order valence-electron chi connectivity index (χ4n) is 0.982. The zero-order chi connectivity index (χ0) is 8.81. The van der Waals surface area contributed by atoms with Crippen LogP contribution in [0.3, 0.4) is 0 Å². The first kappa shape index (κ1) is 8.94. The van der Waals surface area contributed by atoms with Crippen LogP contribution in [0.2, 0.25) is 0 Å². The Labute approximate surface area is 73.3 Å². The summed E-state index contributed by atoms with van der Waals surface area (Å²) in [7, 11) is 1.93. The van der Waals surface area contributed by atoms with Gasteiger partial charge in [-0.3, -0.25) is 4.98 Å². The van der Waals surface area contributed by atoms with Crippen molar-refractivity contribution in [1.29, 1.82) is 0 Å². The minimum absolute atomic E-state index is 0.897. The van der Waals surface area contributed by atoms with Gasteiger partial charge in [-0.15, -0.1) is 0 Å². The Hall–Kier alpha value is -1.15. The minimum atomic E-state index is 0.897. The van der Waals surface area contributed by atoms with Crippen LogP contribution in [0.15, 0.2) is 24.5 Å². The summed E-state index contributed by atoms with van der Waals surface area (Å²) in [6.45, 7) is 2.94.